The number of aromatic nitrogens is 2. The van der Waals surface area contributed by atoms with Gasteiger partial charge in [-0.2, -0.15) is 4.31 Å². The molecule has 6 nitrogen and oxygen atoms in total. The Hall–Kier alpha value is -1.21. The summed E-state index contributed by atoms with van der Waals surface area (Å²) in [5, 5.41) is 0. The fourth-order valence-corrected chi connectivity index (χ4v) is 5.32. The molecule has 1 aromatic heterocycles. The summed E-state index contributed by atoms with van der Waals surface area (Å²) in [5.41, 5.74) is 1.21. The molecule has 1 aliphatic heterocycles. The van der Waals surface area contributed by atoms with E-state index in [4.69, 9.17) is 0 Å². The van der Waals surface area contributed by atoms with Crippen LogP contribution in [0.2, 0.25) is 0 Å². The van der Waals surface area contributed by atoms with Crippen LogP contribution in [0.5, 0.6) is 0 Å². The predicted molar refractivity (Wildman–Crippen MR) is 84.0 cm³/mol. The van der Waals surface area contributed by atoms with Crippen molar-refractivity contribution in [3.63, 3.8) is 0 Å². The molecule has 3 rings (SSSR count). The molecule has 1 saturated carbocycles. The Balaban J connectivity index is 1.75. The van der Waals surface area contributed by atoms with Crippen LogP contribution in [0.3, 0.4) is 0 Å². The van der Waals surface area contributed by atoms with Gasteiger partial charge in [-0.05, 0) is 25.2 Å². The van der Waals surface area contributed by atoms with Crippen molar-refractivity contribution in [1.82, 2.24) is 13.9 Å². The van der Waals surface area contributed by atoms with Crippen molar-refractivity contribution in [3.05, 3.63) is 27.9 Å². The zero-order valence-electron chi connectivity index (χ0n) is 13.0. The smallest absolute Gasteiger partial charge is 0.256 e. The van der Waals surface area contributed by atoms with Gasteiger partial charge in [0.05, 0.1) is 24.3 Å². The van der Waals surface area contributed by atoms with Crippen molar-refractivity contribution in [2.45, 2.75) is 45.1 Å². The Morgan fingerprint density at radius 2 is 2.00 bits per heavy atom. The van der Waals surface area contributed by atoms with Crippen LogP contribution in [0.1, 0.15) is 43.4 Å². The van der Waals surface area contributed by atoms with E-state index in [1.165, 1.54) is 21.6 Å². The molecule has 1 aromatic rings. The van der Waals surface area contributed by atoms with Gasteiger partial charge < -0.3 is 4.57 Å². The van der Waals surface area contributed by atoms with Gasteiger partial charge in [-0.25, -0.2) is 13.4 Å². The third-order valence-corrected chi connectivity index (χ3v) is 6.81. The van der Waals surface area contributed by atoms with Crippen LogP contribution >= 0.6 is 0 Å². The number of aryl methyl sites for hydroxylation is 1. The number of hydrogen-bond acceptors (Lipinski definition) is 4. The predicted octanol–water partition coefficient (Wildman–Crippen LogP) is 1.05. The van der Waals surface area contributed by atoms with Gasteiger partial charge in [-0.3, -0.25) is 4.79 Å². The third-order valence-electron chi connectivity index (χ3n) is 4.82. The molecule has 122 valence electrons. The standard InChI is InChI=1S/C15H23N3O3S/c1-17-11-16-14-9-18(8-7-13(14)15(17)19)22(20,21)10-12-5-3-2-4-6-12/h11-12H,2-10H2,1H3. The minimum atomic E-state index is -3.26. The van der Waals surface area contributed by atoms with Crippen LogP contribution < -0.4 is 5.56 Å². The van der Waals surface area contributed by atoms with Gasteiger partial charge in [-0.1, -0.05) is 19.3 Å². The fraction of sp³-hybridized carbons (Fsp3) is 0.733. The number of sulfonamides is 1. The molecular formula is C15H23N3O3S. The molecule has 0 spiro atoms. The molecule has 2 heterocycles. The largest absolute Gasteiger partial charge is 0.302 e. The minimum absolute atomic E-state index is 0.0608. The highest BCUT2D eigenvalue weighted by Gasteiger charge is 2.31. The molecule has 22 heavy (non-hydrogen) atoms. The second kappa shape index (κ2) is 6.12. The van der Waals surface area contributed by atoms with Crippen molar-refractivity contribution in [3.8, 4) is 0 Å². The first-order valence-corrected chi connectivity index (χ1v) is 9.59. The van der Waals surface area contributed by atoms with Crippen LogP contribution in [0, 0.1) is 5.92 Å². The maximum atomic E-state index is 12.6. The number of fused-ring (bicyclic) bond motifs is 1. The Kier molecular flexibility index (Phi) is 4.36. The molecule has 7 heteroatoms. The summed E-state index contributed by atoms with van der Waals surface area (Å²) >= 11 is 0. The van der Waals surface area contributed by atoms with Gasteiger partial charge in [0.2, 0.25) is 10.0 Å². The number of hydrogen-bond donors (Lipinski definition) is 0. The number of nitrogens with zero attached hydrogens (tertiary/aromatic N) is 3. The summed E-state index contributed by atoms with van der Waals surface area (Å²) in [5.74, 6) is 0.532. The average Bonchev–Trinajstić information content (AvgIpc) is 2.51. The van der Waals surface area contributed by atoms with Gasteiger partial charge in [0.25, 0.3) is 5.56 Å². The normalized spacial score (nSPS) is 20.8. The Labute approximate surface area is 131 Å². The van der Waals surface area contributed by atoms with Crippen molar-refractivity contribution in [2.75, 3.05) is 12.3 Å². The van der Waals surface area contributed by atoms with E-state index < -0.39 is 10.0 Å². The van der Waals surface area contributed by atoms with Crippen molar-refractivity contribution >= 4 is 10.0 Å². The second-order valence-corrected chi connectivity index (χ2v) is 8.47. The monoisotopic (exact) mass is 325 g/mol. The maximum Gasteiger partial charge on any atom is 0.256 e. The lowest BCUT2D eigenvalue weighted by Crippen LogP contribution is -2.42. The summed E-state index contributed by atoms with van der Waals surface area (Å²) in [6.07, 6.45) is 7.46. The zero-order chi connectivity index (χ0) is 15.7. The van der Waals surface area contributed by atoms with E-state index in [0.29, 0.717) is 24.2 Å². The summed E-state index contributed by atoms with van der Waals surface area (Å²) in [6, 6.07) is 0. The summed E-state index contributed by atoms with van der Waals surface area (Å²) in [6.45, 7) is 0.628. The lowest BCUT2D eigenvalue weighted by atomic mass is 9.91. The SMILES string of the molecule is Cn1cnc2c(c1=O)CCN(S(=O)(=O)CC1CCCCC1)C2. The topological polar surface area (TPSA) is 72.3 Å². The highest BCUT2D eigenvalue weighted by Crippen LogP contribution is 2.27. The van der Waals surface area contributed by atoms with Crippen molar-refractivity contribution in [1.29, 1.82) is 0 Å². The first kappa shape index (κ1) is 15.7. The summed E-state index contributed by atoms with van der Waals surface area (Å²) in [4.78, 5) is 16.3. The molecule has 0 aromatic carbocycles. The first-order chi connectivity index (χ1) is 10.5. The molecule has 0 radical (unpaired) electrons. The van der Waals surface area contributed by atoms with E-state index in [9.17, 15) is 13.2 Å². The summed E-state index contributed by atoms with van der Waals surface area (Å²) in [7, 11) is -1.60. The van der Waals surface area contributed by atoms with E-state index in [-0.39, 0.29) is 23.8 Å². The van der Waals surface area contributed by atoms with Gasteiger partial charge in [0, 0.05) is 19.2 Å². The van der Waals surface area contributed by atoms with Gasteiger partial charge in [-0.15, -0.1) is 0 Å². The van der Waals surface area contributed by atoms with Gasteiger partial charge >= 0.3 is 0 Å². The van der Waals surface area contributed by atoms with E-state index in [2.05, 4.69) is 4.98 Å². The number of rotatable bonds is 3. The molecule has 2 aliphatic rings. The highest BCUT2D eigenvalue weighted by molar-refractivity contribution is 7.89. The Morgan fingerprint density at radius 1 is 1.27 bits per heavy atom. The van der Waals surface area contributed by atoms with Crippen molar-refractivity contribution < 1.29 is 8.42 Å². The molecule has 0 unspecified atom stereocenters. The first-order valence-electron chi connectivity index (χ1n) is 7.98. The average molecular weight is 325 g/mol. The molecule has 0 bridgehead atoms. The maximum absolute atomic E-state index is 12.6. The minimum Gasteiger partial charge on any atom is -0.302 e. The van der Waals surface area contributed by atoms with Gasteiger partial charge in [0.15, 0.2) is 0 Å². The lowest BCUT2D eigenvalue weighted by molar-refractivity contribution is 0.353. The van der Waals surface area contributed by atoms with E-state index >= 15 is 0 Å². The Bertz CT molecular complexity index is 705. The molecular weight excluding hydrogens is 302 g/mol. The quantitative estimate of drug-likeness (QED) is 0.833. The van der Waals surface area contributed by atoms with Gasteiger partial charge in [0.1, 0.15) is 0 Å². The van der Waals surface area contributed by atoms with E-state index in [1.54, 1.807) is 7.05 Å². The molecule has 1 fully saturated rings. The second-order valence-electron chi connectivity index (χ2n) is 6.45. The molecule has 0 amide bonds. The van der Waals surface area contributed by atoms with Crippen LogP contribution in [-0.4, -0.2) is 34.6 Å². The van der Waals surface area contributed by atoms with Crippen LogP contribution in [0.25, 0.3) is 0 Å². The van der Waals surface area contributed by atoms with Crippen LogP contribution in [-0.2, 0) is 30.0 Å². The van der Waals surface area contributed by atoms with E-state index in [0.717, 1.165) is 25.7 Å². The lowest BCUT2D eigenvalue weighted by Gasteiger charge is -2.29. The zero-order valence-corrected chi connectivity index (χ0v) is 13.8. The van der Waals surface area contributed by atoms with E-state index in [1.807, 2.05) is 0 Å². The fourth-order valence-electron chi connectivity index (χ4n) is 3.49. The highest BCUT2D eigenvalue weighted by atomic mass is 32.2. The molecule has 0 N–H and O–H groups in total. The molecule has 0 saturated heterocycles. The summed E-state index contributed by atoms with van der Waals surface area (Å²) < 4.78 is 28.2. The van der Waals surface area contributed by atoms with Crippen LogP contribution in [0.15, 0.2) is 11.1 Å². The molecule has 0 atom stereocenters. The van der Waals surface area contributed by atoms with Crippen LogP contribution in [0.4, 0.5) is 0 Å². The Morgan fingerprint density at radius 3 is 2.73 bits per heavy atom. The van der Waals surface area contributed by atoms with Crippen molar-refractivity contribution in [2.24, 2.45) is 13.0 Å². The third kappa shape index (κ3) is 3.10. The molecule has 1 aliphatic carbocycles.